The Morgan fingerprint density at radius 2 is 1.96 bits per heavy atom. The number of imidazole rings is 1. The molecule has 0 bridgehead atoms. The number of nitrogens with zero attached hydrogens (tertiary/aromatic N) is 2. The number of hydrogen-bond acceptors (Lipinski definition) is 4. The Bertz CT molecular complexity index is 909. The van der Waals surface area contributed by atoms with Crippen molar-refractivity contribution >= 4 is 16.9 Å². The molecule has 1 aromatic heterocycles. The van der Waals surface area contributed by atoms with E-state index in [-0.39, 0.29) is 18.3 Å². The monoisotopic (exact) mass is 351 g/mol. The smallest absolute Gasteiger partial charge is 0.253 e. The van der Waals surface area contributed by atoms with Crippen LogP contribution in [0.5, 0.6) is 5.75 Å². The SMILES string of the molecule is O=C(c1ccc(O)c(CO)c1)N1CCC(c2nc3ccccc3[nH]2)CC1. The number of aliphatic hydroxyl groups excluding tert-OH is 1. The molecule has 2 aromatic carbocycles. The number of benzene rings is 2. The summed E-state index contributed by atoms with van der Waals surface area (Å²) in [4.78, 5) is 22.6. The number of aliphatic hydroxyl groups is 1. The van der Waals surface area contributed by atoms with E-state index in [4.69, 9.17) is 0 Å². The molecule has 134 valence electrons. The second kappa shape index (κ2) is 6.80. The van der Waals surface area contributed by atoms with Crippen molar-refractivity contribution in [2.45, 2.75) is 25.4 Å². The Kier molecular flexibility index (Phi) is 4.34. The van der Waals surface area contributed by atoms with Crippen LogP contribution < -0.4 is 0 Å². The first-order chi connectivity index (χ1) is 12.7. The van der Waals surface area contributed by atoms with Crippen molar-refractivity contribution < 1.29 is 15.0 Å². The highest BCUT2D eigenvalue weighted by Crippen LogP contribution is 2.29. The van der Waals surface area contributed by atoms with Gasteiger partial charge in [0.1, 0.15) is 11.6 Å². The van der Waals surface area contributed by atoms with Crippen molar-refractivity contribution in [1.82, 2.24) is 14.9 Å². The number of aromatic hydroxyl groups is 1. The highest BCUT2D eigenvalue weighted by Gasteiger charge is 2.26. The number of H-pyrrole nitrogens is 1. The van der Waals surface area contributed by atoms with Gasteiger partial charge in [0.25, 0.3) is 5.91 Å². The first kappa shape index (κ1) is 16.6. The number of carbonyl (C=O) groups excluding carboxylic acids is 1. The molecule has 26 heavy (non-hydrogen) atoms. The number of piperidine rings is 1. The van der Waals surface area contributed by atoms with Gasteiger partial charge in [-0.2, -0.15) is 0 Å². The minimum absolute atomic E-state index is 0.00708. The molecule has 1 amide bonds. The molecule has 0 atom stereocenters. The number of phenols is 1. The van der Waals surface area contributed by atoms with Crippen LogP contribution in [0.25, 0.3) is 11.0 Å². The number of aromatic nitrogens is 2. The van der Waals surface area contributed by atoms with Crippen LogP contribution in [0.4, 0.5) is 0 Å². The number of amides is 1. The van der Waals surface area contributed by atoms with Crippen molar-refractivity contribution in [3.8, 4) is 5.75 Å². The molecule has 0 radical (unpaired) electrons. The van der Waals surface area contributed by atoms with Crippen LogP contribution in [-0.4, -0.2) is 44.1 Å². The Labute approximate surface area is 151 Å². The lowest BCUT2D eigenvalue weighted by molar-refractivity contribution is 0.0711. The van der Waals surface area contributed by atoms with Crippen molar-refractivity contribution in [2.75, 3.05) is 13.1 Å². The molecular formula is C20H21N3O3. The number of para-hydroxylation sites is 2. The van der Waals surface area contributed by atoms with E-state index in [2.05, 4.69) is 9.97 Å². The van der Waals surface area contributed by atoms with Crippen molar-refractivity contribution in [3.05, 3.63) is 59.4 Å². The zero-order valence-electron chi connectivity index (χ0n) is 14.4. The van der Waals surface area contributed by atoms with Crippen LogP contribution in [0.15, 0.2) is 42.5 Å². The van der Waals surface area contributed by atoms with E-state index in [0.717, 1.165) is 29.7 Å². The molecule has 6 nitrogen and oxygen atoms in total. The summed E-state index contributed by atoms with van der Waals surface area (Å²) in [7, 11) is 0. The van der Waals surface area contributed by atoms with E-state index in [9.17, 15) is 15.0 Å². The van der Waals surface area contributed by atoms with E-state index in [1.165, 1.54) is 6.07 Å². The lowest BCUT2D eigenvalue weighted by Gasteiger charge is -2.31. The highest BCUT2D eigenvalue weighted by molar-refractivity contribution is 5.94. The summed E-state index contributed by atoms with van der Waals surface area (Å²) in [6.45, 7) is 1.03. The lowest BCUT2D eigenvalue weighted by Crippen LogP contribution is -2.38. The van der Waals surface area contributed by atoms with E-state index in [1.54, 1.807) is 12.1 Å². The topological polar surface area (TPSA) is 89.4 Å². The molecule has 0 aliphatic carbocycles. The van der Waals surface area contributed by atoms with Gasteiger partial charge >= 0.3 is 0 Å². The quantitative estimate of drug-likeness (QED) is 0.677. The zero-order chi connectivity index (χ0) is 18.1. The largest absolute Gasteiger partial charge is 0.508 e. The summed E-state index contributed by atoms with van der Waals surface area (Å²) in [5.74, 6) is 1.25. The van der Waals surface area contributed by atoms with Gasteiger partial charge in [0, 0.05) is 30.1 Å². The lowest BCUT2D eigenvalue weighted by atomic mass is 9.95. The number of carbonyl (C=O) groups is 1. The van der Waals surface area contributed by atoms with Crippen LogP contribution in [0.3, 0.4) is 0 Å². The van der Waals surface area contributed by atoms with Crippen LogP contribution in [0.2, 0.25) is 0 Å². The van der Waals surface area contributed by atoms with Gasteiger partial charge in [0.05, 0.1) is 17.6 Å². The van der Waals surface area contributed by atoms with Gasteiger partial charge in [-0.25, -0.2) is 4.98 Å². The average Bonchev–Trinajstić information content (AvgIpc) is 3.12. The number of likely N-dealkylation sites (tertiary alicyclic amines) is 1. The normalized spacial score (nSPS) is 15.5. The minimum atomic E-state index is -0.291. The molecule has 0 unspecified atom stereocenters. The predicted octanol–water partition coefficient (Wildman–Crippen LogP) is 2.78. The fraction of sp³-hybridized carbons (Fsp3) is 0.300. The zero-order valence-corrected chi connectivity index (χ0v) is 14.4. The molecule has 3 aromatic rings. The van der Waals surface area contributed by atoms with Crippen LogP contribution in [0, 0.1) is 0 Å². The van der Waals surface area contributed by atoms with Gasteiger partial charge in [-0.3, -0.25) is 4.79 Å². The summed E-state index contributed by atoms with van der Waals surface area (Å²) < 4.78 is 0. The summed E-state index contributed by atoms with van der Waals surface area (Å²) >= 11 is 0. The van der Waals surface area contributed by atoms with Gasteiger partial charge in [-0.15, -0.1) is 0 Å². The Morgan fingerprint density at radius 3 is 2.69 bits per heavy atom. The van der Waals surface area contributed by atoms with Crippen LogP contribution in [-0.2, 0) is 6.61 Å². The third kappa shape index (κ3) is 3.04. The molecule has 1 aliphatic rings. The second-order valence-electron chi connectivity index (χ2n) is 6.71. The van der Waals surface area contributed by atoms with Gasteiger partial charge in [0.2, 0.25) is 0 Å². The summed E-state index contributed by atoms with van der Waals surface area (Å²) in [5, 5.41) is 18.9. The number of nitrogens with one attached hydrogen (secondary N) is 1. The standard InChI is InChI=1S/C20H21N3O3/c24-12-15-11-14(5-6-18(15)25)20(26)23-9-7-13(8-10-23)19-21-16-3-1-2-4-17(16)22-19/h1-6,11,13,24-25H,7-10,12H2,(H,21,22). The van der Waals surface area contributed by atoms with Gasteiger partial charge in [0.15, 0.2) is 0 Å². The van der Waals surface area contributed by atoms with Crippen molar-refractivity contribution in [3.63, 3.8) is 0 Å². The number of aromatic amines is 1. The van der Waals surface area contributed by atoms with Gasteiger partial charge < -0.3 is 20.1 Å². The maximum absolute atomic E-state index is 12.7. The molecule has 4 rings (SSSR count). The summed E-state index contributed by atoms with van der Waals surface area (Å²) in [6.07, 6.45) is 1.72. The Morgan fingerprint density at radius 1 is 1.19 bits per heavy atom. The molecule has 0 saturated carbocycles. The molecule has 1 saturated heterocycles. The molecule has 3 N–H and O–H groups in total. The molecule has 0 spiro atoms. The van der Waals surface area contributed by atoms with Crippen LogP contribution in [0.1, 0.15) is 40.5 Å². The molecular weight excluding hydrogens is 330 g/mol. The van der Waals surface area contributed by atoms with E-state index >= 15 is 0 Å². The van der Waals surface area contributed by atoms with E-state index < -0.39 is 0 Å². The third-order valence-electron chi connectivity index (χ3n) is 5.07. The number of fused-ring (bicyclic) bond motifs is 1. The number of rotatable bonds is 3. The first-order valence-electron chi connectivity index (χ1n) is 8.82. The van der Waals surface area contributed by atoms with Crippen LogP contribution >= 0.6 is 0 Å². The minimum Gasteiger partial charge on any atom is -0.508 e. The van der Waals surface area contributed by atoms with E-state index in [1.807, 2.05) is 29.2 Å². The molecule has 2 heterocycles. The highest BCUT2D eigenvalue weighted by atomic mass is 16.3. The fourth-order valence-electron chi connectivity index (χ4n) is 3.55. The van der Waals surface area contributed by atoms with Crippen molar-refractivity contribution in [1.29, 1.82) is 0 Å². The first-order valence-corrected chi connectivity index (χ1v) is 8.82. The van der Waals surface area contributed by atoms with Crippen molar-refractivity contribution in [2.24, 2.45) is 0 Å². The summed E-state index contributed by atoms with van der Waals surface area (Å²) in [5.41, 5.74) is 2.88. The average molecular weight is 351 g/mol. The maximum Gasteiger partial charge on any atom is 0.253 e. The molecule has 1 aliphatic heterocycles. The summed E-state index contributed by atoms with van der Waals surface area (Å²) in [6, 6.07) is 12.6. The number of hydrogen-bond donors (Lipinski definition) is 3. The van der Waals surface area contributed by atoms with Gasteiger partial charge in [-0.05, 0) is 43.2 Å². The van der Waals surface area contributed by atoms with E-state index in [0.29, 0.717) is 30.1 Å². The molecule has 6 heteroatoms. The second-order valence-corrected chi connectivity index (χ2v) is 6.71. The predicted molar refractivity (Wildman–Crippen MR) is 98.0 cm³/mol. The third-order valence-corrected chi connectivity index (χ3v) is 5.07. The van der Waals surface area contributed by atoms with Gasteiger partial charge in [-0.1, -0.05) is 12.1 Å². The Hall–Kier alpha value is -2.86. The maximum atomic E-state index is 12.7. The fourth-order valence-corrected chi connectivity index (χ4v) is 3.55. The molecule has 1 fully saturated rings. The Balaban J connectivity index is 1.45.